The van der Waals surface area contributed by atoms with Gasteiger partial charge in [-0.2, -0.15) is 0 Å². The number of piperidine rings is 1. The Hall–Kier alpha value is -3.04. The van der Waals surface area contributed by atoms with Crippen molar-refractivity contribution in [3.8, 4) is 0 Å². The number of hydrogen-bond acceptors (Lipinski definition) is 3. The van der Waals surface area contributed by atoms with E-state index in [0.717, 1.165) is 16.5 Å². The fourth-order valence-corrected chi connectivity index (χ4v) is 4.89. The normalized spacial score (nSPS) is 15.4. The molecule has 0 bridgehead atoms. The second-order valence-corrected chi connectivity index (χ2v) is 9.55. The molecule has 0 radical (unpaired) electrons. The molecule has 3 N–H and O–H groups in total. The van der Waals surface area contributed by atoms with Gasteiger partial charge < -0.3 is 20.5 Å². The van der Waals surface area contributed by atoms with Gasteiger partial charge in [0.2, 0.25) is 11.8 Å². The van der Waals surface area contributed by atoms with Gasteiger partial charge in [-0.1, -0.05) is 6.07 Å². The summed E-state index contributed by atoms with van der Waals surface area (Å²) in [6, 6.07) is 9.06. The summed E-state index contributed by atoms with van der Waals surface area (Å²) in [7, 11) is 1.64. The van der Waals surface area contributed by atoms with Gasteiger partial charge in [0.15, 0.2) is 0 Å². The van der Waals surface area contributed by atoms with Crippen molar-refractivity contribution in [3.05, 3.63) is 75.9 Å². The molecule has 3 aromatic rings. The third-order valence-corrected chi connectivity index (χ3v) is 7.21. The van der Waals surface area contributed by atoms with Crippen LogP contribution in [0.25, 0.3) is 17.0 Å². The number of halogens is 3. The van der Waals surface area contributed by atoms with E-state index < -0.39 is 5.54 Å². The molecule has 0 spiro atoms. The lowest BCUT2D eigenvalue weighted by Crippen LogP contribution is -2.63. The molecule has 1 saturated heterocycles. The molecule has 0 saturated carbocycles. The highest BCUT2D eigenvalue weighted by Gasteiger charge is 2.44. The van der Waals surface area contributed by atoms with E-state index >= 15 is 0 Å². The van der Waals surface area contributed by atoms with E-state index in [0.29, 0.717) is 48.9 Å². The molecular weight excluding hydrogens is 518 g/mol. The summed E-state index contributed by atoms with van der Waals surface area (Å²) in [5.74, 6) is -1.21. The highest BCUT2D eigenvalue weighted by molar-refractivity contribution is 9.10. The lowest BCUT2D eigenvalue weighted by atomic mass is 9.85. The van der Waals surface area contributed by atoms with E-state index in [-0.39, 0.29) is 23.4 Å². The van der Waals surface area contributed by atoms with Gasteiger partial charge in [-0.05, 0) is 95.8 Å². The number of likely N-dealkylation sites (N-methyl/N-ethyl adjacent to an activating group) is 1. The molecule has 1 fully saturated rings. The van der Waals surface area contributed by atoms with Crippen molar-refractivity contribution < 1.29 is 18.4 Å². The van der Waals surface area contributed by atoms with Gasteiger partial charge in [0.1, 0.15) is 17.2 Å². The minimum Gasteiger partial charge on any atom is -0.361 e. The van der Waals surface area contributed by atoms with Crippen molar-refractivity contribution in [1.29, 1.82) is 0 Å². The van der Waals surface area contributed by atoms with Gasteiger partial charge in [0, 0.05) is 36.8 Å². The Morgan fingerprint density at radius 3 is 2.69 bits per heavy atom. The average Bonchev–Trinajstić information content (AvgIpc) is 3.26. The fourth-order valence-electron chi connectivity index (χ4n) is 4.49. The number of aromatic nitrogens is 1. The highest BCUT2D eigenvalue weighted by atomic mass is 79.9. The van der Waals surface area contributed by atoms with Crippen molar-refractivity contribution in [2.24, 2.45) is 0 Å². The second kappa shape index (κ2) is 10.7. The van der Waals surface area contributed by atoms with E-state index in [4.69, 9.17) is 0 Å². The third-order valence-electron chi connectivity index (χ3n) is 6.60. The first-order valence-corrected chi connectivity index (χ1v) is 12.2. The Balaban J connectivity index is 1.44. The third kappa shape index (κ3) is 5.46. The maximum atomic E-state index is 13.7. The summed E-state index contributed by atoms with van der Waals surface area (Å²) in [5.41, 5.74) is 1.44. The topological polar surface area (TPSA) is 77.2 Å². The number of hydrogen-bond donors (Lipinski definition) is 3. The lowest BCUT2D eigenvalue weighted by molar-refractivity contribution is -0.144. The van der Waals surface area contributed by atoms with E-state index in [1.807, 2.05) is 6.20 Å². The monoisotopic (exact) mass is 544 g/mol. The van der Waals surface area contributed by atoms with Gasteiger partial charge in [0.05, 0.1) is 4.47 Å². The first kappa shape index (κ1) is 25.1. The summed E-state index contributed by atoms with van der Waals surface area (Å²) in [6.07, 6.45) is 6.32. The first-order chi connectivity index (χ1) is 16.8. The smallest absolute Gasteiger partial charge is 0.247 e. The molecule has 1 aliphatic rings. The first-order valence-electron chi connectivity index (χ1n) is 11.5. The molecule has 2 amide bonds. The summed E-state index contributed by atoms with van der Waals surface area (Å²) in [6.45, 7) is 1.59. The fraction of sp³-hybridized carbons (Fsp3) is 0.308. The zero-order valence-corrected chi connectivity index (χ0v) is 20.9. The van der Waals surface area contributed by atoms with Crippen LogP contribution in [0.3, 0.4) is 0 Å². The number of carbonyl (C=O) groups excluding carboxylic acids is 2. The maximum absolute atomic E-state index is 13.7. The molecule has 9 heteroatoms. The molecular formula is C26H27BrF2N4O2. The molecule has 4 rings (SSSR count). The van der Waals surface area contributed by atoms with E-state index in [2.05, 4.69) is 31.5 Å². The number of rotatable bonds is 7. The minimum absolute atomic E-state index is 0.209. The molecule has 1 aromatic heterocycles. The van der Waals surface area contributed by atoms with Crippen LogP contribution in [0.15, 0.2) is 53.1 Å². The van der Waals surface area contributed by atoms with Gasteiger partial charge >= 0.3 is 0 Å². The molecule has 0 atom stereocenters. The zero-order chi connectivity index (χ0) is 25.0. The second-order valence-electron chi connectivity index (χ2n) is 8.70. The summed E-state index contributed by atoms with van der Waals surface area (Å²) in [4.78, 5) is 31.0. The van der Waals surface area contributed by atoms with Gasteiger partial charge in [-0.3, -0.25) is 9.59 Å². The molecule has 1 aliphatic heterocycles. The quantitative estimate of drug-likeness (QED) is 0.391. The maximum Gasteiger partial charge on any atom is 0.247 e. The minimum atomic E-state index is -0.984. The number of benzene rings is 2. The summed E-state index contributed by atoms with van der Waals surface area (Å²) >= 11 is 3.14. The van der Waals surface area contributed by atoms with Crippen LogP contribution >= 0.6 is 15.9 Å². The lowest BCUT2D eigenvalue weighted by Gasteiger charge is -2.43. The van der Waals surface area contributed by atoms with Crippen LogP contribution in [-0.4, -0.2) is 53.9 Å². The SMILES string of the molecule is CN(C(=O)/C=C/c1ccc(F)c(Br)c1)C1(C(=O)NCCc2c[nH]c3ccc(F)cc23)CCNCC1. The number of amides is 2. The van der Waals surface area contributed by atoms with Gasteiger partial charge in [-0.25, -0.2) is 8.78 Å². The van der Waals surface area contributed by atoms with Gasteiger partial charge in [0.25, 0.3) is 0 Å². The Morgan fingerprint density at radius 2 is 1.94 bits per heavy atom. The van der Waals surface area contributed by atoms with Gasteiger partial charge in [-0.15, -0.1) is 0 Å². The Kier molecular flexibility index (Phi) is 7.66. The molecule has 0 unspecified atom stereocenters. The van der Waals surface area contributed by atoms with Crippen LogP contribution in [0.2, 0.25) is 0 Å². The Morgan fingerprint density at radius 1 is 1.17 bits per heavy atom. The largest absolute Gasteiger partial charge is 0.361 e. The number of carbonyl (C=O) groups is 2. The molecule has 2 aromatic carbocycles. The van der Waals surface area contributed by atoms with Crippen molar-refractivity contribution in [1.82, 2.24) is 20.5 Å². The zero-order valence-electron chi connectivity index (χ0n) is 19.3. The van der Waals surface area contributed by atoms with E-state index in [1.165, 1.54) is 29.2 Å². The highest BCUT2D eigenvalue weighted by Crippen LogP contribution is 2.27. The standard InChI is InChI=1S/C26H27BrF2N4O2/c1-33(24(34)7-3-17-2-5-22(29)21(27)14-17)26(9-12-30-13-10-26)25(35)31-11-8-18-16-32-23-6-4-19(28)15-20(18)23/h2-7,14-16,30,32H,8-13H2,1H3,(H,31,35)/b7-3+. The predicted octanol–water partition coefficient (Wildman–Crippen LogP) is 4.16. The van der Waals surface area contributed by atoms with Crippen molar-refractivity contribution in [2.45, 2.75) is 24.8 Å². The number of nitrogens with one attached hydrogen (secondary N) is 3. The van der Waals surface area contributed by atoms with Crippen molar-refractivity contribution in [2.75, 3.05) is 26.7 Å². The summed E-state index contributed by atoms with van der Waals surface area (Å²) in [5, 5.41) is 7.03. The number of nitrogens with zero attached hydrogens (tertiary/aromatic N) is 1. The van der Waals surface area contributed by atoms with Crippen LogP contribution < -0.4 is 10.6 Å². The molecule has 184 valence electrons. The number of fused-ring (bicyclic) bond motifs is 1. The number of aromatic amines is 1. The van der Waals surface area contributed by atoms with Crippen LogP contribution in [0.5, 0.6) is 0 Å². The predicted molar refractivity (Wildman–Crippen MR) is 136 cm³/mol. The Labute approximate surface area is 210 Å². The van der Waals surface area contributed by atoms with Crippen LogP contribution in [0.4, 0.5) is 8.78 Å². The Bertz CT molecular complexity index is 1270. The molecule has 6 nitrogen and oxygen atoms in total. The van der Waals surface area contributed by atoms with Crippen LogP contribution in [0.1, 0.15) is 24.0 Å². The molecule has 0 aliphatic carbocycles. The molecule has 35 heavy (non-hydrogen) atoms. The molecule has 2 heterocycles. The van der Waals surface area contributed by atoms with Crippen molar-refractivity contribution in [3.63, 3.8) is 0 Å². The van der Waals surface area contributed by atoms with Crippen molar-refractivity contribution >= 4 is 44.7 Å². The van der Waals surface area contributed by atoms with E-state index in [1.54, 1.807) is 31.3 Å². The van der Waals surface area contributed by atoms with Crippen LogP contribution in [-0.2, 0) is 16.0 Å². The number of H-pyrrole nitrogens is 1. The van der Waals surface area contributed by atoms with E-state index in [9.17, 15) is 18.4 Å². The summed E-state index contributed by atoms with van der Waals surface area (Å²) < 4.78 is 27.5. The average molecular weight is 545 g/mol. The van der Waals surface area contributed by atoms with Crippen LogP contribution in [0, 0.1) is 11.6 Å².